The number of aliphatic hydroxyl groups is 1. The maximum atomic E-state index is 9.44. The summed E-state index contributed by atoms with van der Waals surface area (Å²) in [6, 6.07) is 0. The fraction of sp³-hybridized carbons (Fsp3) is 1.00. The Kier molecular flexibility index (Phi) is 2.89. The monoisotopic (exact) mass is 146 g/mol. The second kappa shape index (κ2) is 2.90. The molecule has 0 aliphatic rings. The van der Waals surface area contributed by atoms with Crippen LogP contribution in [-0.2, 0) is 4.65 Å². The largest absolute Gasteiger partial charge is 0.435 e. The fourth-order valence-corrected chi connectivity index (χ4v) is 0.338. The van der Waals surface area contributed by atoms with Gasteiger partial charge in [0.15, 0.2) is 0 Å². The molecule has 0 unspecified atom stereocenters. The van der Waals surface area contributed by atoms with Gasteiger partial charge in [-0.15, -0.1) is 0 Å². The summed E-state index contributed by atoms with van der Waals surface area (Å²) in [5.41, 5.74) is -1.64. The Hall–Kier alpha value is -0.0551. The van der Waals surface area contributed by atoms with Gasteiger partial charge in [0.25, 0.3) is 0 Å². The van der Waals surface area contributed by atoms with Crippen LogP contribution in [0.5, 0.6) is 0 Å². The molecule has 3 nitrogen and oxygen atoms in total. The van der Waals surface area contributed by atoms with Gasteiger partial charge in [0, 0.05) is 0 Å². The fourth-order valence-electron chi connectivity index (χ4n) is 0.338. The van der Waals surface area contributed by atoms with Crippen LogP contribution in [-0.4, -0.2) is 29.0 Å². The van der Waals surface area contributed by atoms with E-state index in [0.717, 1.165) is 0 Å². The van der Waals surface area contributed by atoms with Gasteiger partial charge < -0.3 is 14.8 Å². The molecule has 0 aromatic heterocycles. The third-order valence-corrected chi connectivity index (χ3v) is 1.90. The van der Waals surface area contributed by atoms with Gasteiger partial charge in [0.1, 0.15) is 0 Å². The smallest absolute Gasteiger partial charge is 0.430 e. The maximum Gasteiger partial charge on any atom is 0.435 e. The molecule has 0 saturated heterocycles. The molecule has 0 aromatic rings. The lowest BCUT2D eigenvalue weighted by atomic mass is 9.89. The molecule has 0 amide bonds. The average Bonchev–Trinajstić information content (AvgIpc) is 1.61. The third-order valence-electron chi connectivity index (χ3n) is 1.90. The van der Waals surface area contributed by atoms with Crippen molar-refractivity contribution in [2.45, 2.75) is 38.9 Å². The van der Waals surface area contributed by atoms with Crippen molar-refractivity contribution in [1.82, 2.24) is 0 Å². The lowest BCUT2D eigenvalue weighted by Crippen LogP contribution is -2.47. The molecule has 4 heteroatoms. The second-order valence-electron chi connectivity index (χ2n) is 3.34. The summed E-state index contributed by atoms with van der Waals surface area (Å²) in [4.78, 5) is 0. The molecule has 0 spiro atoms. The molecule has 0 bridgehead atoms. The van der Waals surface area contributed by atoms with Crippen molar-refractivity contribution in [3.05, 3.63) is 0 Å². The molecule has 0 saturated carbocycles. The van der Waals surface area contributed by atoms with Crippen LogP contribution in [0.3, 0.4) is 0 Å². The molecular weight excluding hydrogens is 131 g/mol. The van der Waals surface area contributed by atoms with Crippen LogP contribution in [0.15, 0.2) is 0 Å². The molecule has 0 aliphatic carbocycles. The first-order valence-electron chi connectivity index (χ1n) is 3.28. The third kappa shape index (κ3) is 2.29. The minimum absolute atomic E-state index is 0.364. The molecule has 0 fully saturated rings. The van der Waals surface area contributed by atoms with Crippen molar-refractivity contribution in [2.75, 3.05) is 0 Å². The van der Waals surface area contributed by atoms with Crippen LogP contribution in [0.25, 0.3) is 0 Å². The van der Waals surface area contributed by atoms with E-state index < -0.39 is 11.2 Å². The molecule has 0 rings (SSSR count). The summed E-state index contributed by atoms with van der Waals surface area (Å²) in [5.74, 6) is 0. The molecule has 0 atom stereocenters. The number of rotatable bonds is 3. The van der Waals surface area contributed by atoms with Crippen LogP contribution in [0, 0.1) is 0 Å². The first-order chi connectivity index (χ1) is 4.31. The molecular formula is C6H15BO3. The first-order valence-corrected chi connectivity index (χ1v) is 3.28. The van der Waals surface area contributed by atoms with E-state index in [0.29, 0.717) is 0 Å². The highest BCUT2D eigenvalue weighted by Gasteiger charge is 2.35. The predicted molar refractivity (Wildman–Crippen MR) is 40.8 cm³/mol. The zero-order valence-electron chi connectivity index (χ0n) is 7.01. The van der Waals surface area contributed by atoms with Crippen molar-refractivity contribution >= 4 is 7.69 Å². The molecule has 0 heterocycles. The normalized spacial score (nSPS) is 13.4. The quantitative estimate of drug-likeness (QED) is 0.542. The van der Waals surface area contributed by atoms with Crippen molar-refractivity contribution < 1.29 is 14.8 Å². The van der Waals surface area contributed by atoms with Crippen LogP contribution >= 0.6 is 0 Å². The summed E-state index contributed by atoms with van der Waals surface area (Å²) < 4.78 is 4.90. The Labute approximate surface area is 62.3 Å². The molecule has 60 valence electrons. The van der Waals surface area contributed by atoms with Gasteiger partial charge in [-0.3, -0.25) is 0 Å². The predicted octanol–water partition coefficient (Wildman–Crippen LogP) is -0.189. The summed E-state index contributed by atoms with van der Waals surface area (Å²) in [6.45, 7) is 6.73. The van der Waals surface area contributed by atoms with Gasteiger partial charge in [-0.05, 0) is 27.7 Å². The van der Waals surface area contributed by atoms with E-state index in [1.54, 1.807) is 27.7 Å². The summed E-state index contributed by atoms with van der Waals surface area (Å²) in [6.07, 6.45) is 0. The van der Waals surface area contributed by atoms with E-state index in [9.17, 15) is 5.11 Å². The number of hydrogen-bond acceptors (Lipinski definition) is 3. The van der Waals surface area contributed by atoms with Gasteiger partial charge in [0.05, 0.1) is 11.2 Å². The Morgan fingerprint density at radius 2 is 1.60 bits per heavy atom. The lowest BCUT2D eigenvalue weighted by molar-refractivity contribution is -0.0956. The zero-order valence-corrected chi connectivity index (χ0v) is 7.01. The Morgan fingerprint density at radius 1 is 1.20 bits per heavy atom. The van der Waals surface area contributed by atoms with Gasteiger partial charge >= 0.3 is 7.69 Å². The highest BCUT2D eigenvalue weighted by atomic mass is 16.5. The van der Waals surface area contributed by atoms with Gasteiger partial charge in [-0.2, -0.15) is 0 Å². The highest BCUT2D eigenvalue weighted by molar-refractivity contribution is 6.16. The van der Waals surface area contributed by atoms with Gasteiger partial charge in [-0.25, -0.2) is 0 Å². The van der Waals surface area contributed by atoms with Crippen molar-refractivity contribution in [3.8, 4) is 0 Å². The summed E-state index contributed by atoms with van der Waals surface area (Å²) >= 11 is 0. The van der Waals surface area contributed by atoms with Crippen LogP contribution < -0.4 is 0 Å². The molecule has 0 aliphatic heterocycles. The summed E-state index contributed by atoms with van der Waals surface area (Å²) in [5, 5.41) is 17.9. The van der Waals surface area contributed by atoms with E-state index in [1.807, 2.05) is 0 Å². The van der Waals surface area contributed by atoms with Crippen LogP contribution in [0.4, 0.5) is 0 Å². The molecule has 10 heavy (non-hydrogen) atoms. The van der Waals surface area contributed by atoms with Crippen LogP contribution in [0.2, 0.25) is 0 Å². The first kappa shape index (κ1) is 9.94. The number of hydrogen-bond donors (Lipinski definition) is 2. The van der Waals surface area contributed by atoms with E-state index in [-0.39, 0.29) is 7.69 Å². The molecule has 0 radical (unpaired) electrons. The Balaban J connectivity index is 4.10. The van der Waals surface area contributed by atoms with E-state index >= 15 is 0 Å². The average molecular weight is 146 g/mol. The highest BCUT2D eigenvalue weighted by Crippen LogP contribution is 2.23. The lowest BCUT2D eigenvalue weighted by Gasteiger charge is -2.36. The second-order valence-corrected chi connectivity index (χ2v) is 3.34. The zero-order chi connectivity index (χ0) is 8.41. The minimum Gasteiger partial charge on any atom is -0.430 e. The molecule has 2 N–H and O–H groups in total. The topological polar surface area (TPSA) is 49.7 Å². The molecule has 0 aromatic carbocycles. The van der Waals surface area contributed by atoms with Crippen molar-refractivity contribution in [3.63, 3.8) is 0 Å². The van der Waals surface area contributed by atoms with Crippen molar-refractivity contribution in [2.24, 2.45) is 0 Å². The standard InChI is InChI=1S/C6H15BO3/c1-5(2,8)6(3,4)10-7-9/h7-9H,1-4H3. The van der Waals surface area contributed by atoms with Gasteiger partial charge in [0.2, 0.25) is 0 Å². The van der Waals surface area contributed by atoms with Gasteiger partial charge in [-0.1, -0.05) is 0 Å². The SMILES string of the molecule is CC(C)(O)C(C)(C)OBO. The summed E-state index contributed by atoms with van der Waals surface area (Å²) in [7, 11) is -0.364. The van der Waals surface area contributed by atoms with E-state index in [2.05, 4.69) is 0 Å². The van der Waals surface area contributed by atoms with Crippen LogP contribution in [0.1, 0.15) is 27.7 Å². The Morgan fingerprint density at radius 3 is 1.70 bits per heavy atom. The maximum absolute atomic E-state index is 9.44. The minimum atomic E-state index is -0.935. The van der Waals surface area contributed by atoms with E-state index in [1.165, 1.54) is 0 Å². The Bertz CT molecular complexity index is 106. The van der Waals surface area contributed by atoms with E-state index in [4.69, 9.17) is 9.68 Å². The van der Waals surface area contributed by atoms with Crippen molar-refractivity contribution in [1.29, 1.82) is 0 Å².